The lowest BCUT2D eigenvalue weighted by molar-refractivity contribution is -0.0557. The molecule has 2 aliphatic heterocycles. The topological polar surface area (TPSA) is 32.7 Å². The van der Waals surface area contributed by atoms with E-state index in [0.717, 1.165) is 30.7 Å². The first-order valence-corrected chi connectivity index (χ1v) is 9.63. The van der Waals surface area contributed by atoms with Crippen LogP contribution in [0.15, 0.2) is 54.6 Å². The maximum atomic E-state index is 14.3. The molecule has 142 valence electrons. The fourth-order valence-electron chi connectivity index (χ4n) is 4.78. The molecule has 0 aromatic heterocycles. The van der Waals surface area contributed by atoms with Gasteiger partial charge in [-0.15, -0.1) is 0 Å². The summed E-state index contributed by atoms with van der Waals surface area (Å²) in [6, 6.07) is 15.2. The van der Waals surface area contributed by atoms with Gasteiger partial charge in [0.25, 0.3) is 0 Å². The third-order valence-electron chi connectivity index (χ3n) is 6.05. The fourth-order valence-corrected chi connectivity index (χ4v) is 4.78. The summed E-state index contributed by atoms with van der Waals surface area (Å²) in [5.74, 6) is 0.563. The molecular formula is C23H26FNO2. The highest BCUT2D eigenvalue weighted by molar-refractivity contribution is 5.57. The van der Waals surface area contributed by atoms with Gasteiger partial charge in [0.15, 0.2) is 0 Å². The summed E-state index contributed by atoms with van der Waals surface area (Å²) in [4.78, 5) is 2.46. The molecule has 2 heterocycles. The van der Waals surface area contributed by atoms with Gasteiger partial charge in [0, 0.05) is 29.8 Å². The van der Waals surface area contributed by atoms with Crippen molar-refractivity contribution in [2.45, 2.75) is 43.4 Å². The van der Waals surface area contributed by atoms with Crippen LogP contribution in [0, 0.1) is 5.82 Å². The average molecular weight is 367 g/mol. The smallest absolute Gasteiger partial charge is 0.129 e. The van der Waals surface area contributed by atoms with Crippen molar-refractivity contribution in [1.82, 2.24) is 4.90 Å². The van der Waals surface area contributed by atoms with Gasteiger partial charge in [0.1, 0.15) is 11.6 Å². The molecule has 0 spiro atoms. The van der Waals surface area contributed by atoms with Gasteiger partial charge in [-0.1, -0.05) is 48.6 Å². The van der Waals surface area contributed by atoms with E-state index in [2.05, 4.69) is 17.1 Å². The van der Waals surface area contributed by atoms with Crippen molar-refractivity contribution >= 4 is 6.08 Å². The lowest BCUT2D eigenvalue weighted by Crippen LogP contribution is -2.49. The van der Waals surface area contributed by atoms with Crippen molar-refractivity contribution in [3.63, 3.8) is 0 Å². The van der Waals surface area contributed by atoms with Gasteiger partial charge < -0.3 is 9.84 Å². The molecular weight excluding hydrogens is 341 g/mol. The molecule has 2 aromatic rings. The zero-order valence-electron chi connectivity index (χ0n) is 15.6. The number of hydrogen-bond donors (Lipinski definition) is 1. The summed E-state index contributed by atoms with van der Waals surface area (Å²) >= 11 is 0. The van der Waals surface area contributed by atoms with Crippen LogP contribution in [0.2, 0.25) is 0 Å². The maximum absolute atomic E-state index is 14.3. The SMILES string of the molecule is COc1ccccc1/C=C/CN1[C@@H]2CC[C@@H]1CC(O)(c1ccccc1F)C2. The number of piperidine rings is 1. The molecule has 1 N–H and O–H groups in total. The Hall–Kier alpha value is -2.17. The first-order valence-electron chi connectivity index (χ1n) is 9.63. The standard InChI is InChI=1S/C23H26FNO2/c1-27-22-11-5-2-7-17(22)8-6-14-25-18-12-13-19(25)16-23(26,15-18)20-9-3-4-10-21(20)24/h2-11,18-19,26H,12-16H2,1H3/b8-6+/t18-,19-/m1/s1. The number of para-hydroxylation sites is 1. The third-order valence-corrected chi connectivity index (χ3v) is 6.05. The van der Waals surface area contributed by atoms with Crippen LogP contribution in [-0.4, -0.2) is 35.7 Å². The molecule has 0 amide bonds. The van der Waals surface area contributed by atoms with Crippen molar-refractivity contribution in [2.75, 3.05) is 13.7 Å². The monoisotopic (exact) mass is 367 g/mol. The Kier molecular flexibility index (Phi) is 5.02. The number of halogens is 1. The zero-order valence-corrected chi connectivity index (χ0v) is 15.6. The lowest BCUT2D eigenvalue weighted by atomic mass is 9.80. The molecule has 0 saturated carbocycles. The van der Waals surface area contributed by atoms with Crippen molar-refractivity contribution in [3.8, 4) is 5.75 Å². The molecule has 2 atom stereocenters. The van der Waals surface area contributed by atoms with Gasteiger partial charge in [0.05, 0.1) is 12.7 Å². The molecule has 0 aliphatic carbocycles. The van der Waals surface area contributed by atoms with Crippen molar-refractivity contribution in [1.29, 1.82) is 0 Å². The van der Waals surface area contributed by atoms with Crippen LogP contribution in [0.3, 0.4) is 0 Å². The van der Waals surface area contributed by atoms with Gasteiger partial charge in [-0.2, -0.15) is 0 Å². The van der Waals surface area contributed by atoms with Crippen molar-refractivity contribution < 1.29 is 14.2 Å². The average Bonchev–Trinajstić information content (AvgIpc) is 2.93. The van der Waals surface area contributed by atoms with E-state index in [1.54, 1.807) is 25.3 Å². The maximum Gasteiger partial charge on any atom is 0.129 e. The minimum absolute atomic E-state index is 0.288. The molecule has 27 heavy (non-hydrogen) atoms. The Morgan fingerprint density at radius 1 is 1.11 bits per heavy atom. The summed E-state index contributed by atoms with van der Waals surface area (Å²) in [5.41, 5.74) is 0.457. The molecule has 2 bridgehead atoms. The second-order valence-electron chi connectivity index (χ2n) is 7.65. The Morgan fingerprint density at radius 2 is 1.78 bits per heavy atom. The number of hydrogen-bond acceptors (Lipinski definition) is 3. The second-order valence-corrected chi connectivity index (χ2v) is 7.65. The van der Waals surface area contributed by atoms with E-state index in [-0.39, 0.29) is 17.9 Å². The summed E-state index contributed by atoms with van der Waals surface area (Å²) in [6.07, 6.45) is 7.56. The largest absolute Gasteiger partial charge is 0.496 e. The Morgan fingerprint density at radius 3 is 2.48 bits per heavy atom. The number of aliphatic hydroxyl groups is 1. The molecule has 0 radical (unpaired) electrons. The van der Waals surface area contributed by atoms with Gasteiger partial charge in [-0.05, 0) is 37.8 Å². The van der Waals surface area contributed by atoms with Gasteiger partial charge >= 0.3 is 0 Å². The Balaban J connectivity index is 1.47. The minimum Gasteiger partial charge on any atom is -0.496 e. The number of fused-ring (bicyclic) bond motifs is 2. The van der Waals surface area contributed by atoms with E-state index in [0.29, 0.717) is 18.4 Å². The summed E-state index contributed by atoms with van der Waals surface area (Å²) in [7, 11) is 1.68. The third kappa shape index (κ3) is 3.52. The molecule has 4 heteroatoms. The normalized spacial score (nSPS) is 28.0. The minimum atomic E-state index is -1.06. The number of benzene rings is 2. The Bertz CT molecular complexity index is 821. The summed E-state index contributed by atoms with van der Waals surface area (Å²) < 4.78 is 19.7. The van der Waals surface area contributed by atoms with Gasteiger partial charge in [-0.3, -0.25) is 4.90 Å². The lowest BCUT2D eigenvalue weighted by Gasteiger charge is -2.43. The first kappa shape index (κ1) is 18.2. The molecule has 2 saturated heterocycles. The van der Waals surface area contributed by atoms with Gasteiger partial charge in [-0.25, -0.2) is 4.39 Å². The molecule has 0 unspecified atom stereocenters. The highest BCUT2D eigenvalue weighted by Crippen LogP contribution is 2.46. The molecule has 2 aliphatic rings. The second kappa shape index (κ2) is 7.45. The van der Waals surface area contributed by atoms with E-state index >= 15 is 0 Å². The summed E-state index contributed by atoms with van der Waals surface area (Å²) in [6.45, 7) is 0.834. The molecule has 4 rings (SSSR count). The van der Waals surface area contributed by atoms with Crippen LogP contribution in [0.4, 0.5) is 4.39 Å². The van der Waals surface area contributed by atoms with Crippen LogP contribution < -0.4 is 4.74 Å². The van der Waals surface area contributed by atoms with Crippen LogP contribution in [0.1, 0.15) is 36.8 Å². The van der Waals surface area contributed by atoms with Crippen LogP contribution in [-0.2, 0) is 5.60 Å². The van der Waals surface area contributed by atoms with E-state index in [1.165, 1.54) is 6.07 Å². The van der Waals surface area contributed by atoms with Crippen LogP contribution >= 0.6 is 0 Å². The van der Waals surface area contributed by atoms with E-state index < -0.39 is 5.60 Å². The van der Waals surface area contributed by atoms with Gasteiger partial charge in [0.2, 0.25) is 0 Å². The van der Waals surface area contributed by atoms with E-state index in [4.69, 9.17) is 4.74 Å². The van der Waals surface area contributed by atoms with E-state index in [1.807, 2.05) is 24.3 Å². The van der Waals surface area contributed by atoms with E-state index in [9.17, 15) is 9.50 Å². The predicted molar refractivity (Wildman–Crippen MR) is 105 cm³/mol. The first-order chi connectivity index (χ1) is 13.1. The number of nitrogens with zero attached hydrogens (tertiary/aromatic N) is 1. The highest BCUT2D eigenvalue weighted by atomic mass is 19.1. The molecule has 3 nitrogen and oxygen atoms in total. The number of ether oxygens (including phenoxy) is 1. The highest BCUT2D eigenvalue weighted by Gasteiger charge is 2.48. The van der Waals surface area contributed by atoms with Crippen LogP contribution in [0.25, 0.3) is 6.08 Å². The molecule has 2 fully saturated rings. The zero-order chi connectivity index (χ0) is 18.9. The number of rotatable bonds is 5. The summed E-state index contributed by atoms with van der Waals surface area (Å²) in [5, 5.41) is 11.2. The van der Waals surface area contributed by atoms with Crippen molar-refractivity contribution in [3.05, 3.63) is 71.6 Å². The van der Waals surface area contributed by atoms with Crippen molar-refractivity contribution in [2.24, 2.45) is 0 Å². The Labute approximate surface area is 160 Å². The molecule has 2 aromatic carbocycles. The number of methoxy groups -OCH3 is 1. The van der Waals surface area contributed by atoms with Crippen LogP contribution in [0.5, 0.6) is 5.75 Å². The fraction of sp³-hybridized carbons (Fsp3) is 0.391. The quantitative estimate of drug-likeness (QED) is 0.852. The predicted octanol–water partition coefficient (Wildman–Crippen LogP) is 4.36.